The second-order valence-electron chi connectivity index (χ2n) is 7.39. The lowest BCUT2D eigenvalue weighted by atomic mass is 10.0. The first-order chi connectivity index (χ1) is 15.5. The van der Waals surface area contributed by atoms with Crippen molar-refractivity contribution in [1.29, 1.82) is 0 Å². The molecule has 0 unspecified atom stereocenters. The molecule has 160 valence electrons. The number of aromatic amines is 1. The Morgan fingerprint density at radius 1 is 1.28 bits per heavy atom. The van der Waals surface area contributed by atoms with Gasteiger partial charge in [-0.15, -0.1) is 11.7 Å². The van der Waals surface area contributed by atoms with Crippen LogP contribution >= 0.6 is 0 Å². The summed E-state index contributed by atoms with van der Waals surface area (Å²) in [6.45, 7) is 3.64. The van der Waals surface area contributed by atoms with E-state index in [1.807, 2.05) is 30.3 Å². The highest BCUT2D eigenvalue weighted by molar-refractivity contribution is 6.02. The summed E-state index contributed by atoms with van der Waals surface area (Å²) in [5, 5.41) is 9.39. The molecule has 4 rings (SSSR count). The number of aromatic nitrogens is 4. The van der Waals surface area contributed by atoms with Crippen molar-refractivity contribution in [3.05, 3.63) is 83.7 Å². The van der Waals surface area contributed by atoms with E-state index in [1.54, 1.807) is 30.4 Å². The summed E-state index contributed by atoms with van der Waals surface area (Å²) >= 11 is 0. The van der Waals surface area contributed by atoms with Gasteiger partial charge in [-0.25, -0.2) is 4.98 Å². The molecule has 2 aromatic heterocycles. The van der Waals surface area contributed by atoms with Crippen molar-refractivity contribution >= 4 is 17.5 Å². The fourth-order valence-corrected chi connectivity index (χ4v) is 3.50. The van der Waals surface area contributed by atoms with Gasteiger partial charge in [-0.05, 0) is 42.7 Å². The number of pyridine rings is 1. The van der Waals surface area contributed by atoms with E-state index in [4.69, 9.17) is 0 Å². The van der Waals surface area contributed by atoms with Crippen molar-refractivity contribution in [1.82, 2.24) is 25.5 Å². The van der Waals surface area contributed by atoms with Crippen LogP contribution in [-0.2, 0) is 17.6 Å². The molecule has 2 amide bonds. The van der Waals surface area contributed by atoms with E-state index >= 15 is 0 Å². The number of hydrogen-bond donors (Lipinski definition) is 2. The highest BCUT2D eigenvalue weighted by Gasteiger charge is 2.30. The predicted molar refractivity (Wildman–Crippen MR) is 120 cm³/mol. The minimum Gasteiger partial charge on any atom is -0.337 e. The van der Waals surface area contributed by atoms with Gasteiger partial charge in [0.05, 0.1) is 0 Å². The van der Waals surface area contributed by atoms with Gasteiger partial charge in [0.25, 0.3) is 5.91 Å². The van der Waals surface area contributed by atoms with Gasteiger partial charge >= 0.3 is 0 Å². The Balaban J connectivity index is 1.50. The van der Waals surface area contributed by atoms with Crippen LogP contribution in [0, 0.1) is 11.8 Å². The number of nitrogens with zero attached hydrogens (tertiary/aromatic N) is 4. The number of nitrogens with one attached hydrogen (secondary N) is 2. The number of likely N-dealkylation sites (N-methyl/N-ethyl adjacent to an activating group) is 1. The molecule has 0 saturated heterocycles. The van der Waals surface area contributed by atoms with Crippen LogP contribution in [0.5, 0.6) is 0 Å². The minimum atomic E-state index is -0.674. The predicted octanol–water partition coefficient (Wildman–Crippen LogP) is 2.04. The second-order valence-corrected chi connectivity index (χ2v) is 7.39. The molecule has 3 heterocycles. The largest absolute Gasteiger partial charge is 0.337 e. The number of benzene rings is 1. The summed E-state index contributed by atoms with van der Waals surface area (Å²) in [5.41, 5.74) is 3.49. The molecule has 0 aliphatic carbocycles. The number of hydrogen-bond acceptors (Lipinski definition) is 5. The maximum atomic E-state index is 13.1. The molecule has 8 nitrogen and oxygen atoms in total. The third-order valence-corrected chi connectivity index (χ3v) is 5.19. The van der Waals surface area contributed by atoms with Gasteiger partial charge in [-0.3, -0.25) is 19.7 Å². The quantitative estimate of drug-likeness (QED) is 0.491. The van der Waals surface area contributed by atoms with Gasteiger partial charge in [0, 0.05) is 42.7 Å². The van der Waals surface area contributed by atoms with Crippen LogP contribution in [0.3, 0.4) is 0 Å². The standard InChI is InChI=1S/C24H22N6O2/c1-3-4-21-27-22(29-28-21)23(31)26-19-10-9-18-8-7-17(15-20(18)30(2)24(19)32)6-5-16-11-13-25-14-12-16/h3,7-8,11-15,19H,1,4,9-10H2,2H3,(H,26,31)(H,27,28,29)/t19-/m0/s1. The number of carbonyl (C=O) groups excluding carboxylic acids is 2. The van der Waals surface area contributed by atoms with Crippen molar-refractivity contribution in [3.63, 3.8) is 0 Å². The van der Waals surface area contributed by atoms with Crippen molar-refractivity contribution in [2.24, 2.45) is 0 Å². The summed E-state index contributed by atoms with van der Waals surface area (Å²) in [6, 6.07) is 8.84. The number of amides is 2. The lowest BCUT2D eigenvalue weighted by Crippen LogP contribution is -2.47. The molecular formula is C24H22N6O2. The average molecular weight is 426 g/mol. The lowest BCUT2D eigenvalue weighted by molar-refractivity contribution is -0.120. The molecule has 0 bridgehead atoms. The summed E-state index contributed by atoms with van der Waals surface area (Å²) < 4.78 is 0. The maximum absolute atomic E-state index is 13.1. The number of fused-ring (bicyclic) bond motifs is 1. The third-order valence-electron chi connectivity index (χ3n) is 5.19. The van der Waals surface area contributed by atoms with Gasteiger partial charge in [-0.2, -0.15) is 0 Å². The van der Waals surface area contributed by atoms with Crippen molar-refractivity contribution in [3.8, 4) is 11.8 Å². The molecule has 8 heteroatoms. The maximum Gasteiger partial charge on any atom is 0.291 e. The molecule has 1 atom stereocenters. The smallest absolute Gasteiger partial charge is 0.291 e. The van der Waals surface area contributed by atoms with E-state index in [-0.39, 0.29) is 11.7 Å². The number of anilines is 1. The molecule has 0 spiro atoms. The number of rotatable bonds is 4. The molecule has 1 aliphatic heterocycles. The van der Waals surface area contributed by atoms with Gasteiger partial charge in [0.15, 0.2) is 0 Å². The second kappa shape index (κ2) is 9.27. The number of carbonyl (C=O) groups is 2. The summed E-state index contributed by atoms with van der Waals surface area (Å²) in [7, 11) is 1.71. The Morgan fingerprint density at radius 2 is 2.06 bits per heavy atom. The van der Waals surface area contributed by atoms with Crippen molar-refractivity contribution in [2.75, 3.05) is 11.9 Å². The fourth-order valence-electron chi connectivity index (χ4n) is 3.50. The lowest BCUT2D eigenvalue weighted by Gasteiger charge is -2.22. The number of allylic oxidation sites excluding steroid dienone is 1. The zero-order valence-corrected chi connectivity index (χ0v) is 17.6. The highest BCUT2D eigenvalue weighted by Crippen LogP contribution is 2.27. The van der Waals surface area contributed by atoms with Gasteiger partial charge in [0.1, 0.15) is 11.9 Å². The fraction of sp³-hybridized carbons (Fsp3) is 0.208. The molecule has 0 fully saturated rings. The van der Waals surface area contributed by atoms with Crippen LogP contribution < -0.4 is 10.2 Å². The van der Waals surface area contributed by atoms with Crippen LogP contribution in [-0.4, -0.2) is 45.1 Å². The molecular weight excluding hydrogens is 404 g/mol. The zero-order chi connectivity index (χ0) is 22.5. The third kappa shape index (κ3) is 4.57. The highest BCUT2D eigenvalue weighted by atomic mass is 16.2. The van der Waals surface area contributed by atoms with E-state index < -0.39 is 11.9 Å². The first-order valence-corrected chi connectivity index (χ1v) is 10.2. The molecule has 0 radical (unpaired) electrons. The first kappa shape index (κ1) is 21.0. The molecule has 1 aliphatic rings. The Morgan fingerprint density at radius 3 is 2.84 bits per heavy atom. The Bertz CT molecular complexity index is 1220. The Kier molecular flexibility index (Phi) is 6.08. The van der Waals surface area contributed by atoms with Gasteiger partial charge in [-0.1, -0.05) is 24.0 Å². The molecule has 2 N–H and O–H groups in total. The van der Waals surface area contributed by atoms with E-state index in [0.29, 0.717) is 25.1 Å². The average Bonchev–Trinajstić information content (AvgIpc) is 3.25. The van der Waals surface area contributed by atoms with E-state index in [0.717, 1.165) is 22.4 Å². The summed E-state index contributed by atoms with van der Waals surface area (Å²) in [4.78, 5) is 35.3. The van der Waals surface area contributed by atoms with Crippen LogP contribution in [0.2, 0.25) is 0 Å². The van der Waals surface area contributed by atoms with Crippen LogP contribution in [0.15, 0.2) is 55.4 Å². The topological polar surface area (TPSA) is 104 Å². The molecule has 0 saturated carbocycles. The minimum absolute atomic E-state index is 0.00716. The zero-order valence-electron chi connectivity index (χ0n) is 17.6. The van der Waals surface area contributed by atoms with Gasteiger partial charge < -0.3 is 10.2 Å². The first-order valence-electron chi connectivity index (χ1n) is 10.2. The van der Waals surface area contributed by atoms with Crippen LogP contribution in [0.4, 0.5) is 5.69 Å². The van der Waals surface area contributed by atoms with Crippen LogP contribution in [0.25, 0.3) is 0 Å². The van der Waals surface area contributed by atoms with Crippen LogP contribution in [0.1, 0.15) is 39.6 Å². The monoisotopic (exact) mass is 426 g/mol. The van der Waals surface area contributed by atoms with Gasteiger partial charge in [0.2, 0.25) is 11.7 Å². The summed E-state index contributed by atoms with van der Waals surface area (Å²) in [6.07, 6.45) is 6.66. The molecule has 3 aromatic rings. The summed E-state index contributed by atoms with van der Waals surface area (Å²) in [5.74, 6) is 6.10. The number of aryl methyl sites for hydroxylation is 1. The number of H-pyrrole nitrogens is 1. The normalized spacial score (nSPS) is 15.2. The Labute approximate surface area is 185 Å². The van der Waals surface area contributed by atoms with Crippen molar-refractivity contribution < 1.29 is 9.59 Å². The molecule has 1 aromatic carbocycles. The van der Waals surface area contributed by atoms with E-state index in [1.165, 1.54) is 0 Å². The Hall–Kier alpha value is -4.25. The van der Waals surface area contributed by atoms with E-state index in [2.05, 4.69) is 43.9 Å². The van der Waals surface area contributed by atoms with Crippen molar-refractivity contribution in [2.45, 2.75) is 25.3 Å². The molecule has 32 heavy (non-hydrogen) atoms. The SMILES string of the molecule is C=CCc1nc(C(=O)N[C@H]2CCc3ccc(C#Cc4ccncc4)cc3N(C)C2=O)n[nH]1. The van der Waals surface area contributed by atoms with E-state index in [9.17, 15) is 9.59 Å².